The molecule has 2 N–H and O–H groups in total. The first-order valence-electron chi connectivity index (χ1n) is 7.17. The Kier molecular flexibility index (Phi) is 4.74. The molecule has 0 radical (unpaired) electrons. The topological polar surface area (TPSA) is 48.4 Å². The number of rotatable bonds is 4. The Morgan fingerprint density at radius 2 is 1.70 bits per heavy atom. The zero-order chi connectivity index (χ0) is 14.5. The summed E-state index contributed by atoms with van der Waals surface area (Å²) in [6.45, 7) is 6.01. The van der Waals surface area contributed by atoms with Crippen LogP contribution in [-0.4, -0.2) is 10.1 Å². The lowest BCUT2D eigenvalue weighted by molar-refractivity contribution is 0.200. The van der Waals surface area contributed by atoms with E-state index in [4.69, 9.17) is 4.99 Å². The predicted molar refractivity (Wildman–Crippen MR) is 81.8 cm³/mol. The van der Waals surface area contributed by atoms with Gasteiger partial charge in [0.1, 0.15) is 0 Å². The first-order chi connectivity index (χ1) is 9.63. The van der Waals surface area contributed by atoms with E-state index < -0.39 is 6.10 Å². The number of nitrogens with zero attached hydrogens (tertiary/aromatic N) is 1. The van der Waals surface area contributed by atoms with Gasteiger partial charge in [0.2, 0.25) is 0 Å². The molecule has 0 bridgehead atoms. The second kappa shape index (κ2) is 6.53. The Morgan fingerprint density at radius 3 is 2.25 bits per heavy atom. The largest absolute Gasteiger partial charge is 0.389 e. The second-order valence-electron chi connectivity index (χ2n) is 4.94. The van der Waals surface area contributed by atoms with Crippen LogP contribution in [0.15, 0.2) is 41.4 Å². The van der Waals surface area contributed by atoms with Crippen LogP contribution in [0.5, 0.6) is 0 Å². The lowest BCUT2D eigenvalue weighted by atomic mass is 10.1. The van der Waals surface area contributed by atoms with Crippen LogP contribution < -0.4 is 5.36 Å². The third-order valence-corrected chi connectivity index (χ3v) is 3.36. The number of aromatic nitrogens is 1. The van der Waals surface area contributed by atoms with E-state index in [0.717, 1.165) is 29.4 Å². The van der Waals surface area contributed by atoms with Gasteiger partial charge in [0.15, 0.2) is 0 Å². The highest BCUT2D eigenvalue weighted by Gasteiger charge is 2.05. The van der Waals surface area contributed by atoms with E-state index in [9.17, 15) is 5.11 Å². The third kappa shape index (κ3) is 3.36. The van der Waals surface area contributed by atoms with Crippen molar-refractivity contribution in [3.05, 3.63) is 58.7 Å². The minimum absolute atomic E-state index is 0.512. The maximum absolute atomic E-state index is 9.82. The Labute approximate surface area is 120 Å². The van der Waals surface area contributed by atoms with Crippen molar-refractivity contribution < 1.29 is 5.11 Å². The second-order valence-corrected chi connectivity index (χ2v) is 4.94. The van der Waals surface area contributed by atoms with Gasteiger partial charge >= 0.3 is 0 Å². The van der Waals surface area contributed by atoms with Gasteiger partial charge in [0, 0.05) is 17.0 Å². The van der Waals surface area contributed by atoms with Gasteiger partial charge in [-0.25, -0.2) is 4.99 Å². The number of aliphatic hydroxyl groups is 1. The van der Waals surface area contributed by atoms with Gasteiger partial charge in [0.05, 0.1) is 17.1 Å². The minimum Gasteiger partial charge on any atom is -0.389 e. The number of aliphatic hydroxyl groups excluding tert-OH is 1. The van der Waals surface area contributed by atoms with Crippen molar-refractivity contribution in [3.8, 4) is 0 Å². The van der Waals surface area contributed by atoms with Crippen LogP contribution in [0, 0.1) is 0 Å². The fraction of sp³-hybridized carbons (Fsp3) is 0.353. The van der Waals surface area contributed by atoms with Crippen LogP contribution in [0.3, 0.4) is 0 Å². The molecule has 0 saturated heterocycles. The first-order valence-corrected chi connectivity index (χ1v) is 7.17. The molecule has 0 fully saturated rings. The summed E-state index contributed by atoms with van der Waals surface area (Å²) in [7, 11) is 0. The zero-order valence-electron chi connectivity index (χ0n) is 12.4. The fourth-order valence-electron chi connectivity index (χ4n) is 2.20. The third-order valence-electron chi connectivity index (χ3n) is 3.36. The molecule has 0 aliphatic rings. The van der Waals surface area contributed by atoms with Crippen molar-refractivity contribution in [1.82, 2.24) is 4.98 Å². The van der Waals surface area contributed by atoms with Crippen molar-refractivity contribution in [2.45, 2.75) is 39.7 Å². The van der Waals surface area contributed by atoms with E-state index in [-0.39, 0.29) is 0 Å². The van der Waals surface area contributed by atoms with Gasteiger partial charge in [0.25, 0.3) is 0 Å². The van der Waals surface area contributed by atoms with E-state index in [2.05, 4.69) is 31.0 Å². The SMILES string of the molecule is CCc1cc(=Nc2ccccc2C(C)O)cc(CC)[nH]1. The molecule has 2 rings (SSSR count). The standard InChI is InChI=1S/C17H22N2O/c1-4-13-10-15(11-14(5-2)18-13)19-17-9-7-6-8-16(17)12(3)20/h6-12,20H,4-5H2,1-3H3,(H,18,19). The van der Waals surface area contributed by atoms with Crippen LogP contribution in [0.2, 0.25) is 0 Å². The summed E-state index contributed by atoms with van der Waals surface area (Å²) in [6, 6.07) is 11.9. The summed E-state index contributed by atoms with van der Waals surface area (Å²) in [5.74, 6) is 0. The molecule has 0 spiro atoms. The molecule has 106 valence electrons. The number of benzene rings is 1. The predicted octanol–water partition coefficient (Wildman–Crippen LogP) is 3.43. The number of para-hydroxylation sites is 1. The molecule has 0 aliphatic heterocycles. The van der Waals surface area contributed by atoms with Gasteiger partial charge in [-0.15, -0.1) is 0 Å². The summed E-state index contributed by atoms with van der Waals surface area (Å²) < 4.78 is 0. The molecule has 1 atom stereocenters. The van der Waals surface area contributed by atoms with E-state index in [1.165, 1.54) is 11.4 Å². The van der Waals surface area contributed by atoms with Gasteiger partial charge in [-0.2, -0.15) is 0 Å². The molecule has 0 amide bonds. The lowest BCUT2D eigenvalue weighted by Gasteiger charge is -2.08. The quantitative estimate of drug-likeness (QED) is 0.878. The molecule has 1 aromatic heterocycles. The number of pyridine rings is 1. The number of nitrogens with one attached hydrogen (secondary N) is 1. The van der Waals surface area contributed by atoms with E-state index in [0.29, 0.717) is 0 Å². The smallest absolute Gasteiger partial charge is 0.0782 e. The average Bonchev–Trinajstić information content (AvgIpc) is 2.47. The zero-order valence-corrected chi connectivity index (χ0v) is 12.4. The van der Waals surface area contributed by atoms with Crippen LogP contribution in [-0.2, 0) is 12.8 Å². The van der Waals surface area contributed by atoms with Crippen LogP contribution >= 0.6 is 0 Å². The maximum Gasteiger partial charge on any atom is 0.0782 e. The number of hydrogen-bond acceptors (Lipinski definition) is 2. The molecule has 1 heterocycles. The van der Waals surface area contributed by atoms with E-state index >= 15 is 0 Å². The number of H-pyrrole nitrogens is 1. The average molecular weight is 270 g/mol. The Bertz CT molecular complexity index is 616. The number of aryl methyl sites for hydroxylation is 2. The highest BCUT2D eigenvalue weighted by molar-refractivity contribution is 5.47. The molecular weight excluding hydrogens is 248 g/mol. The highest BCUT2D eigenvalue weighted by atomic mass is 16.3. The molecule has 2 aromatic rings. The van der Waals surface area contributed by atoms with Crippen molar-refractivity contribution in [3.63, 3.8) is 0 Å². The maximum atomic E-state index is 9.82. The Balaban J connectivity index is 2.55. The van der Waals surface area contributed by atoms with E-state index in [1.807, 2.05) is 24.3 Å². The van der Waals surface area contributed by atoms with E-state index in [1.54, 1.807) is 6.92 Å². The molecular formula is C17H22N2O. The summed E-state index contributed by atoms with van der Waals surface area (Å²) in [5.41, 5.74) is 4.05. The van der Waals surface area contributed by atoms with Crippen molar-refractivity contribution in [1.29, 1.82) is 0 Å². The van der Waals surface area contributed by atoms with Gasteiger partial charge < -0.3 is 10.1 Å². The normalized spacial score (nSPS) is 12.2. The number of hydrogen-bond donors (Lipinski definition) is 2. The molecule has 3 heteroatoms. The summed E-state index contributed by atoms with van der Waals surface area (Å²) in [5, 5.41) is 10.8. The fourth-order valence-corrected chi connectivity index (χ4v) is 2.20. The summed E-state index contributed by atoms with van der Waals surface area (Å²) in [6.07, 6.45) is 1.39. The molecule has 1 aromatic carbocycles. The van der Waals surface area contributed by atoms with Crippen molar-refractivity contribution in [2.75, 3.05) is 0 Å². The van der Waals surface area contributed by atoms with Gasteiger partial charge in [-0.05, 0) is 38.0 Å². The highest BCUT2D eigenvalue weighted by Crippen LogP contribution is 2.24. The molecule has 0 aliphatic carbocycles. The van der Waals surface area contributed by atoms with Crippen molar-refractivity contribution in [2.24, 2.45) is 4.99 Å². The Morgan fingerprint density at radius 1 is 1.10 bits per heavy atom. The number of aromatic amines is 1. The van der Waals surface area contributed by atoms with Crippen LogP contribution in [0.1, 0.15) is 43.8 Å². The molecule has 3 nitrogen and oxygen atoms in total. The first kappa shape index (κ1) is 14.5. The molecule has 0 saturated carbocycles. The summed E-state index contributed by atoms with van der Waals surface area (Å²) in [4.78, 5) is 8.10. The van der Waals surface area contributed by atoms with Gasteiger partial charge in [-0.1, -0.05) is 32.0 Å². The van der Waals surface area contributed by atoms with Crippen LogP contribution in [0.4, 0.5) is 5.69 Å². The minimum atomic E-state index is -0.512. The molecule has 20 heavy (non-hydrogen) atoms. The molecule has 1 unspecified atom stereocenters. The monoisotopic (exact) mass is 270 g/mol. The lowest BCUT2D eigenvalue weighted by Crippen LogP contribution is -2.07. The Hall–Kier alpha value is -1.87. The van der Waals surface area contributed by atoms with Crippen molar-refractivity contribution >= 4 is 5.69 Å². The van der Waals surface area contributed by atoms with Crippen LogP contribution in [0.25, 0.3) is 0 Å². The summed E-state index contributed by atoms with van der Waals surface area (Å²) >= 11 is 0. The van der Waals surface area contributed by atoms with Gasteiger partial charge in [-0.3, -0.25) is 0 Å².